The Morgan fingerprint density at radius 2 is 1.72 bits per heavy atom. The van der Waals surface area contributed by atoms with Crippen LogP contribution in [0.4, 0.5) is 11.5 Å². The second kappa shape index (κ2) is 6.89. The normalized spacial score (nSPS) is 11.3. The molecule has 128 valence electrons. The lowest BCUT2D eigenvalue weighted by molar-refractivity contribution is -0.114. The number of fused-ring (bicyclic) bond motifs is 1. The van der Waals surface area contributed by atoms with Crippen LogP contribution in [0.1, 0.15) is 26.3 Å². The predicted octanol–water partition coefficient (Wildman–Crippen LogP) is 3.98. The van der Waals surface area contributed by atoms with E-state index in [1.54, 1.807) is 0 Å². The number of carbonyl (C=O) groups is 1. The highest BCUT2D eigenvalue weighted by molar-refractivity contribution is 5.95. The van der Waals surface area contributed by atoms with Crippen LogP contribution < -0.4 is 10.6 Å². The smallest absolute Gasteiger partial charge is 0.243 e. The molecule has 2 aromatic carbocycles. The van der Waals surface area contributed by atoms with Gasteiger partial charge >= 0.3 is 0 Å². The molecule has 1 amide bonds. The molecular formula is C20H22N4O. The summed E-state index contributed by atoms with van der Waals surface area (Å²) in [4.78, 5) is 20.6. The molecule has 0 aliphatic rings. The van der Waals surface area contributed by atoms with Gasteiger partial charge in [-0.3, -0.25) is 4.79 Å². The fourth-order valence-electron chi connectivity index (χ4n) is 2.57. The average Bonchev–Trinajstić information content (AvgIpc) is 2.59. The Balaban J connectivity index is 1.63. The zero-order chi connectivity index (χ0) is 17.9. The largest absolute Gasteiger partial charge is 0.360 e. The Bertz CT molecular complexity index is 877. The van der Waals surface area contributed by atoms with Crippen LogP contribution in [0, 0.1) is 0 Å². The molecule has 0 saturated carbocycles. The first kappa shape index (κ1) is 16.9. The number of hydrogen-bond donors (Lipinski definition) is 2. The summed E-state index contributed by atoms with van der Waals surface area (Å²) in [7, 11) is 0. The molecule has 5 nitrogen and oxygen atoms in total. The van der Waals surface area contributed by atoms with Gasteiger partial charge in [0.1, 0.15) is 12.1 Å². The molecule has 0 aliphatic carbocycles. The van der Waals surface area contributed by atoms with Gasteiger partial charge in [0.25, 0.3) is 0 Å². The van der Waals surface area contributed by atoms with Crippen LogP contribution in [0.15, 0.2) is 54.9 Å². The third-order valence-electron chi connectivity index (χ3n) is 3.99. The standard InChI is InChI=1S/C20H22N4O/c1-20(2,3)14-8-10-15(11-9-14)24-18(25)12-21-19-16-6-4-5-7-17(16)22-13-23-19/h4-11,13H,12H2,1-3H3,(H,24,25)(H,21,22,23). The summed E-state index contributed by atoms with van der Waals surface area (Å²) < 4.78 is 0. The van der Waals surface area contributed by atoms with E-state index in [0.717, 1.165) is 16.6 Å². The lowest BCUT2D eigenvalue weighted by Gasteiger charge is -2.19. The average molecular weight is 334 g/mol. The summed E-state index contributed by atoms with van der Waals surface area (Å²) in [5.41, 5.74) is 2.96. The van der Waals surface area contributed by atoms with Gasteiger partial charge in [-0.25, -0.2) is 9.97 Å². The maximum Gasteiger partial charge on any atom is 0.243 e. The van der Waals surface area contributed by atoms with Gasteiger partial charge in [0.15, 0.2) is 0 Å². The SMILES string of the molecule is CC(C)(C)c1ccc(NC(=O)CNc2ncnc3ccccc23)cc1. The van der Waals surface area contributed by atoms with Crippen molar-refractivity contribution in [3.8, 4) is 0 Å². The lowest BCUT2D eigenvalue weighted by atomic mass is 9.87. The minimum atomic E-state index is -0.119. The molecule has 25 heavy (non-hydrogen) atoms. The maximum absolute atomic E-state index is 12.2. The van der Waals surface area contributed by atoms with Crippen LogP contribution in [-0.4, -0.2) is 22.4 Å². The maximum atomic E-state index is 12.2. The zero-order valence-electron chi connectivity index (χ0n) is 14.7. The van der Waals surface area contributed by atoms with Gasteiger partial charge in [-0.1, -0.05) is 45.0 Å². The van der Waals surface area contributed by atoms with Gasteiger partial charge in [-0.15, -0.1) is 0 Å². The Hall–Kier alpha value is -2.95. The fourth-order valence-corrected chi connectivity index (χ4v) is 2.57. The number of rotatable bonds is 4. The van der Waals surface area contributed by atoms with E-state index < -0.39 is 0 Å². The monoisotopic (exact) mass is 334 g/mol. The van der Waals surface area contributed by atoms with Gasteiger partial charge in [-0.2, -0.15) is 0 Å². The number of nitrogens with zero attached hydrogens (tertiary/aromatic N) is 2. The molecule has 0 aliphatic heterocycles. The minimum absolute atomic E-state index is 0.0954. The molecule has 5 heteroatoms. The van der Waals surface area contributed by atoms with Crippen molar-refractivity contribution in [1.82, 2.24) is 9.97 Å². The molecule has 0 fully saturated rings. The molecule has 1 heterocycles. The molecule has 1 aromatic heterocycles. The molecule has 0 saturated heterocycles. The van der Waals surface area contributed by atoms with Crippen molar-refractivity contribution in [1.29, 1.82) is 0 Å². The van der Waals surface area contributed by atoms with Crippen molar-refractivity contribution in [2.45, 2.75) is 26.2 Å². The van der Waals surface area contributed by atoms with Crippen LogP contribution in [0.5, 0.6) is 0 Å². The van der Waals surface area contributed by atoms with Crippen molar-refractivity contribution in [2.75, 3.05) is 17.2 Å². The summed E-state index contributed by atoms with van der Waals surface area (Å²) in [6.07, 6.45) is 1.49. The van der Waals surface area contributed by atoms with Crippen molar-refractivity contribution < 1.29 is 4.79 Å². The molecule has 0 bridgehead atoms. The summed E-state index contributed by atoms with van der Waals surface area (Å²) in [5, 5.41) is 6.87. The first-order valence-electron chi connectivity index (χ1n) is 8.27. The Morgan fingerprint density at radius 3 is 2.44 bits per heavy atom. The fraction of sp³-hybridized carbons (Fsp3) is 0.250. The van der Waals surface area contributed by atoms with E-state index >= 15 is 0 Å². The van der Waals surface area contributed by atoms with E-state index in [2.05, 4.69) is 41.4 Å². The molecular weight excluding hydrogens is 312 g/mol. The van der Waals surface area contributed by atoms with E-state index in [1.807, 2.05) is 48.5 Å². The quantitative estimate of drug-likeness (QED) is 0.757. The molecule has 0 spiro atoms. The molecule has 0 radical (unpaired) electrons. The third kappa shape index (κ3) is 4.12. The van der Waals surface area contributed by atoms with Gasteiger partial charge in [0.05, 0.1) is 12.1 Å². The third-order valence-corrected chi connectivity index (χ3v) is 3.99. The van der Waals surface area contributed by atoms with E-state index in [4.69, 9.17) is 0 Å². The molecule has 0 atom stereocenters. The van der Waals surface area contributed by atoms with E-state index in [9.17, 15) is 4.79 Å². The summed E-state index contributed by atoms with van der Waals surface area (Å²) in [6, 6.07) is 15.6. The van der Waals surface area contributed by atoms with Crippen LogP contribution in [-0.2, 0) is 10.2 Å². The molecule has 0 unspecified atom stereocenters. The van der Waals surface area contributed by atoms with Crippen LogP contribution in [0.25, 0.3) is 10.9 Å². The summed E-state index contributed by atoms with van der Waals surface area (Å²) in [6.45, 7) is 6.63. The van der Waals surface area contributed by atoms with Crippen LogP contribution in [0.3, 0.4) is 0 Å². The van der Waals surface area contributed by atoms with Gasteiger partial charge < -0.3 is 10.6 Å². The highest BCUT2D eigenvalue weighted by Crippen LogP contribution is 2.23. The number of benzene rings is 2. The number of amides is 1. The second-order valence-electron chi connectivity index (χ2n) is 6.97. The number of para-hydroxylation sites is 1. The summed E-state index contributed by atoms with van der Waals surface area (Å²) in [5.74, 6) is 0.537. The van der Waals surface area contributed by atoms with Gasteiger partial charge in [0.2, 0.25) is 5.91 Å². The lowest BCUT2D eigenvalue weighted by Crippen LogP contribution is -2.22. The number of carbonyl (C=O) groups excluding carboxylic acids is 1. The number of anilines is 2. The van der Waals surface area contributed by atoms with Crippen LogP contribution >= 0.6 is 0 Å². The topological polar surface area (TPSA) is 66.9 Å². The van der Waals surface area contributed by atoms with Gasteiger partial charge in [0, 0.05) is 11.1 Å². The molecule has 2 N–H and O–H groups in total. The predicted molar refractivity (Wildman–Crippen MR) is 102 cm³/mol. The van der Waals surface area contributed by atoms with Crippen LogP contribution in [0.2, 0.25) is 0 Å². The minimum Gasteiger partial charge on any atom is -0.360 e. The van der Waals surface area contributed by atoms with E-state index in [0.29, 0.717) is 5.82 Å². The van der Waals surface area contributed by atoms with E-state index in [1.165, 1.54) is 11.9 Å². The molecule has 3 rings (SSSR count). The second-order valence-corrected chi connectivity index (χ2v) is 6.97. The van der Waals surface area contributed by atoms with Crippen molar-refractivity contribution in [3.63, 3.8) is 0 Å². The summed E-state index contributed by atoms with van der Waals surface area (Å²) >= 11 is 0. The Labute approximate surface area is 147 Å². The highest BCUT2D eigenvalue weighted by Gasteiger charge is 2.13. The highest BCUT2D eigenvalue weighted by atomic mass is 16.1. The Morgan fingerprint density at radius 1 is 1.00 bits per heavy atom. The van der Waals surface area contributed by atoms with Crippen molar-refractivity contribution in [3.05, 3.63) is 60.4 Å². The number of aromatic nitrogens is 2. The molecule has 3 aromatic rings. The Kier molecular flexibility index (Phi) is 4.65. The number of nitrogens with one attached hydrogen (secondary N) is 2. The van der Waals surface area contributed by atoms with E-state index in [-0.39, 0.29) is 17.9 Å². The first-order chi connectivity index (χ1) is 11.9. The van der Waals surface area contributed by atoms with Gasteiger partial charge in [-0.05, 0) is 35.2 Å². The van der Waals surface area contributed by atoms with Crippen molar-refractivity contribution in [2.24, 2.45) is 0 Å². The zero-order valence-corrected chi connectivity index (χ0v) is 14.7. The number of hydrogen-bond acceptors (Lipinski definition) is 4. The van der Waals surface area contributed by atoms with Crippen molar-refractivity contribution >= 4 is 28.3 Å². The first-order valence-corrected chi connectivity index (χ1v) is 8.27.